The summed E-state index contributed by atoms with van der Waals surface area (Å²) >= 11 is 0. The van der Waals surface area contributed by atoms with E-state index in [1.807, 2.05) is 0 Å². The van der Waals surface area contributed by atoms with E-state index in [0.717, 1.165) is 0 Å². The zero-order valence-electron chi connectivity index (χ0n) is 10.1. The van der Waals surface area contributed by atoms with E-state index in [1.54, 1.807) is 0 Å². The fraction of sp³-hybridized carbons (Fsp3) is 1.00. The third kappa shape index (κ3) is 5.69. The van der Waals surface area contributed by atoms with E-state index in [2.05, 4.69) is 27.7 Å². The first kappa shape index (κ1) is 16.5. The summed E-state index contributed by atoms with van der Waals surface area (Å²) in [5, 5.41) is 0. The van der Waals surface area contributed by atoms with Crippen LogP contribution in [0.15, 0.2) is 0 Å². The summed E-state index contributed by atoms with van der Waals surface area (Å²) in [6.45, 7) is 14.6. The van der Waals surface area contributed by atoms with Crippen molar-refractivity contribution in [3.8, 4) is 0 Å². The van der Waals surface area contributed by atoms with Crippen LogP contribution in [0, 0.1) is 0 Å². The van der Waals surface area contributed by atoms with Gasteiger partial charge in [-0.15, -0.1) is 0 Å². The highest BCUT2D eigenvalue weighted by molar-refractivity contribution is 5.75. The van der Waals surface area contributed by atoms with Gasteiger partial charge in [-0.1, -0.05) is 19.8 Å². The average molecular weight is 200 g/mol. The van der Waals surface area contributed by atoms with Crippen LogP contribution in [0.5, 0.6) is 0 Å². The standard InChI is InChI=1S/C12H28N.BH3/c1-5-9-10-11-12-13(6-2,7-3)8-4;/h5-12H2,1-4H3;1H3/q+1;. The number of rotatable bonds is 8. The lowest BCUT2D eigenvalue weighted by molar-refractivity contribution is -0.923. The predicted octanol–water partition coefficient (Wildman–Crippen LogP) is 2.26. The molecule has 0 aliphatic rings. The van der Waals surface area contributed by atoms with E-state index in [9.17, 15) is 0 Å². The largest absolute Gasteiger partial charge is 0.324 e. The molecule has 0 saturated heterocycles. The number of quaternary nitrogens is 1. The van der Waals surface area contributed by atoms with Gasteiger partial charge in [-0.05, 0) is 33.6 Å². The molecule has 0 amide bonds. The number of unbranched alkanes of at least 4 members (excludes halogenated alkanes) is 3. The Labute approximate surface area is 93.0 Å². The van der Waals surface area contributed by atoms with E-state index >= 15 is 0 Å². The Kier molecular flexibility index (Phi) is 11.3. The van der Waals surface area contributed by atoms with Crippen molar-refractivity contribution >= 4 is 8.41 Å². The summed E-state index contributed by atoms with van der Waals surface area (Å²) in [6.07, 6.45) is 5.61. The number of nitrogens with zero attached hydrogens (tertiary/aromatic N) is 1. The summed E-state index contributed by atoms with van der Waals surface area (Å²) in [7, 11) is 0. The van der Waals surface area contributed by atoms with Crippen molar-refractivity contribution in [1.29, 1.82) is 0 Å². The minimum atomic E-state index is 0. The van der Waals surface area contributed by atoms with Gasteiger partial charge in [0.2, 0.25) is 0 Å². The Bertz CT molecular complexity index is 103. The zero-order valence-corrected chi connectivity index (χ0v) is 10.1. The van der Waals surface area contributed by atoms with Crippen LogP contribution < -0.4 is 0 Å². The number of hydrogen-bond acceptors (Lipinski definition) is 0. The second-order valence-electron chi connectivity index (χ2n) is 4.07. The van der Waals surface area contributed by atoms with Gasteiger partial charge >= 0.3 is 0 Å². The molecule has 0 fully saturated rings. The predicted molar refractivity (Wildman–Crippen MR) is 70.8 cm³/mol. The highest BCUT2D eigenvalue weighted by atomic mass is 15.3. The average Bonchev–Trinajstić information content (AvgIpc) is 2.20. The lowest BCUT2D eigenvalue weighted by atomic mass is 10.2. The molecule has 0 aliphatic carbocycles. The molecule has 86 valence electrons. The van der Waals surface area contributed by atoms with Gasteiger partial charge in [0, 0.05) is 0 Å². The maximum absolute atomic E-state index is 2.33. The molecule has 14 heavy (non-hydrogen) atoms. The molecular weight excluding hydrogens is 169 g/mol. The molecule has 0 N–H and O–H groups in total. The first-order chi connectivity index (χ1) is 6.24. The van der Waals surface area contributed by atoms with Crippen LogP contribution in [-0.4, -0.2) is 39.1 Å². The van der Waals surface area contributed by atoms with Crippen LogP contribution in [0.3, 0.4) is 0 Å². The van der Waals surface area contributed by atoms with E-state index in [-0.39, 0.29) is 8.41 Å². The second-order valence-corrected chi connectivity index (χ2v) is 4.07. The lowest BCUT2D eigenvalue weighted by Crippen LogP contribution is -2.48. The van der Waals surface area contributed by atoms with Crippen molar-refractivity contribution in [2.75, 3.05) is 26.2 Å². The first-order valence-electron chi connectivity index (χ1n) is 6.09. The molecule has 0 aromatic rings. The lowest BCUT2D eigenvalue weighted by Gasteiger charge is -2.35. The summed E-state index contributed by atoms with van der Waals surface area (Å²) in [5.74, 6) is 0. The molecule has 1 nitrogen and oxygen atoms in total. The molecule has 0 aromatic carbocycles. The highest BCUT2D eigenvalue weighted by Crippen LogP contribution is 2.10. The fourth-order valence-corrected chi connectivity index (χ4v) is 2.02. The van der Waals surface area contributed by atoms with E-state index in [0.29, 0.717) is 0 Å². The van der Waals surface area contributed by atoms with Crippen molar-refractivity contribution in [3.63, 3.8) is 0 Å². The summed E-state index contributed by atoms with van der Waals surface area (Å²) in [5.41, 5.74) is 0. The number of hydrogen-bond donors (Lipinski definition) is 0. The van der Waals surface area contributed by atoms with Gasteiger partial charge in [-0.2, -0.15) is 0 Å². The smallest absolute Gasteiger partial charge is 0.0814 e. The Balaban J connectivity index is 0. The third-order valence-electron chi connectivity index (χ3n) is 3.50. The van der Waals surface area contributed by atoms with Crippen molar-refractivity contribution < 1.29 is 4.48 Å². The van der Waals surface area contributed by atoms with Gasteiger partial charge in [0.15, 0.2) is 0 Å². The molecular formula is C12H31BN+. The normalized spacial score (nSPS) is 11.1. The molecule has 2 heteroatoms. The van der Waals surface area contributed by atoms with Crippen LogP contribution in [-0.2, 0) is 0 Å². The summed E-state index contributed by atoms with van der Waals surface area (Å²) < 4.78 is 1.32. The van der Waals surface area contributed by atoms with E-state index in [1.165, 1.54) is 56.3 Å². The van der Waals surface area contributed by atoms with Crippen molar-refractivity contribution in [2.45, 2.75) is 53.4 Å². The SMILES string of the molecule is B.CCCCCC[N+](CC)(CC)CC. The van der Waals surface area contributed by atoms with Gasteiger partial charge < -0.3 is 4.48 Å². The first-order valence-corrected chi connectivity index (χ1v) is 6.09. The zero-order chi connectivity index (χ0) is 10.2. The van der Waals surface area contributed by atoms with Crippen LogP contribution in [0.1, 0.15) is 53.4 Å². The van der Waals surface area contributed by atoms with Crippen molar-refractivity contribution in [1.82, 2.24) is 0 Å². The molecule has 0 radical (unpaired) electrons. The van der Waals surface area contributed by atoms with Gasteiger partial charge in [-0.25, -0.2) is 0 Å². The molecule has 0 spiro atoms. The van der Waals surface area contributed by atoms with Crippen LogP contribution >= 0.6 is 0 Å². The Morgan fingerprint density at radius 1 is 0.714 bits per heavy atom. The quantitative estimate of drug-likeness (QED) is 0.320. The molecule has 0 bridgehead atoms. The van der Waals surface area contributed by atoms with Crippen molar-refractivity contribution in [2.24, 2.45) is 0 Å². The molecule has 0 heterocycles. The van der Waals surface area contributed by atoms with Gasteiger partial charge in [-0.3, -0.25) is 0 Å². The topological polar surface area (TPSA) is 0 Å². The van der Waals surface area contributed by atoms with Gasteiger partial charge in [0.05, 0.1) is 34.6 Å². The van der Waals surface area contributed by atoms with Gasteiger partial charge in [0.1, 0.15) is 0 Å². The molecule has 0 saturated carbocycles. The van der Waals surface area contributed by atoms with Crippen LogP contribution in [0.2, 0.25) is 0 Å². The Morgan fingerprint density at radius 2 is 1.21 bits per heavy atom. The van der Waals surface area contributed by atoms with E-state index in [4.69, 9.17) is 0 Å². The minimum Gasteiger partial charge on any atom is -0.324 e. The fourth-order valence-electron chi connectivity index (χ4n) is 2.02. The molecule has 0 unspecified atom stereocenters. The molecule has 0 aromatic heterocycles. The Morgan fingerprint density at radius 3 is 1.57 bits per heavy atom. The second kappa shape index (κ2) is 9.58. The van der Waals surface area contributed by atoms with Crippen LogP contribution in [0.25, 0.3) is 0 Å². The monoisotopic (exact) mass is 200 g/mol. The molecule has 0 atom stereocenters. The molecule has 0 aliphatic heterocycles. The minimum absolute atomic E-state index is 0. The summed E-state index contributed by atoms with van der Waals surface area (Å²) in [4.78, 5) is 0. The van der Waals surface area contributed by atoms with Crippen molar-refractivity contribution in [3.05, 3.63) is 0 Å². The Hall–Kier alpha value is 0.0249. The highest BCUT2D eigenvalue weighted by Gasteiger charge is 2.19. The van der Waals surface area contributed by atoms with Crippen LogP contribution in [0.4, 0.5) is 0 Å². The van der Waals surface area contributed by atoms with Gasteiger partial charge in [0.25, 0.3) is 0 Å². The third-order valence-corrected chi connectivity index (χ3v) is 3.50. The maximum Gasteiger partial charge on any atom is 0.0814 e. The van der Waals surface area contributed by atoms with E-state index < -0.39 is 0 Å². The summed E-state index contributed by atoms with van der Waals surface area (Å²) in [6, 6.07) is 0. The molecule has 0 rings (SSSR count). The maximum atomic E-state index is 2.33.